The number of nitrogens with one attached hydrogen (secondary N) is 1. The number of anilines is 1. The summed E-state index contributed by atoms with van der Waals surface area (Å²) >= 11 is 0. The standard InChI is InChI=1S/C13H15N3O2/c1-6(2)10-11(14)13(17)16-8-5-9-7(3-4-18-9)15-12(8)10/h5-6H,3-4,14H2,1-2H3,(H,16,17). The molecule has 0 aromatic carbocycles. The molecule has 0 aliphatic carbocycles. The molecule has 0 spiro atoms. The number of fused-ring (bicyclic) bond motifs is 2. The largest absolute Gasteiger partial charge is 0.491 e. The Labute approximate surface area is 104 Å². The van der Waals surface area contributed by atoms with Crippen molar-refractivity contribution in [3.05, 3.63) is 27.7 Å². The number of nitrogens with zero attached hydrogens (tertiary/aromatic N) is 1. The predicted molar refractivity (Wildman–Crippen MR) is 70.1 cm³/mol. The Kier molecular flexibility index (Phi) is 2.29. The van der Waals surface area contributed by atoms with E-state index in [4.69, 9.17) is 10.5 Å². The Morgan fingerprint density at radius 1 is 1.50 bits per heavy atom. The molecule has 18 heavy (non-hydrogen) atoms. The zero-order valence-electron chi connectivity index (χ0n) is 10.4. The van der Waals surface area contributed by atoms with Crippen LogP contribution < -0.4 is 16.0 Å². The van der Waals surface area contributed by atoms with Crippen LogP contribution in [-0.4, -0.2) is 16.6 Å². The Balaban J connectivity index is 2.43. The normalized spacial score (nSPS) is 13.9. The van der Waals surface area contributed by atoms with Crippen LogP contribution in [0.4, 0.5) is 5.69 Å². The minimum atomic E-state index is -0.258. The first-order valence-corrected chi connectivity index (χ1v) is 6.06. The van der Waals surface area contributed by atoms with Crippen LogP contribution in [0.3, 0.4) is 0 Å². The molecule has 5 heteroatoms. The van der Waals surface area contributed by atoms with E-state index >= 15 is 0 Å². The van der Waals surface area contributed by atoms with Gasteiger partial charge in [-0.15, -0.1) is 0 Å². The van der Waals surface area contributed by atoms with E-state index in [1.54, 1.807) is 0 Å². The summed E-state index contributed by atoms with van der Waals surface area (Å²) in [4.78, 5) is 19.2. The second-order valence-electron chi connectivity index (χ2n) is 4.86. The first-order valence-electron chi connectivity index (χ1n) is 6.06. The monoisotopic (exact) mass is 245 g/mol. The summed E-state index contributed by atoms with van der Waals surface area (Å²) in [6, 6.07) is 1.84. The first-order chi connectivity index (χ1) is 8.58. The number of nitrogens with two attached hydrogens (primary N) is 1. The maximum Gasteiger partial charge on any atom is 0.271 e. The highest BCUT2D eigenvalue weighted by molar-refractivity contribution is 5.84. The van der Waals surface area contributed by atoms with Gasteiger partial charge in [0.25, 0.3) is 5.56 Å². The smallest absolute Gasteiger partial charge is 0.271 e. The molecule has 1 aliphatic heterocycles. The molecule has 0 unspecified atom stereocenters. The van der Waals surface area contributed by atoms with Gasteiger partial charge in [0.05, 0.1) is 23.3 Å². The van der Waals surface area contributed by atoms with E-state index in [9.17, 15) is 4.79 Å². The molecule has 0 saturated heterocycles. The topological polar surface area (TPSA) is 81.0 Å². The van der Waals surface area contributed by atoms with Crippen LogP contribution in [0, 0.1) is 0 Å². The van der Waals surface area contributed by atoms with Gasteiger partial charge in [0.15, 0.2) is 0 Å². The SMILES string of the molecule is CC(C)c1c(N)c(=O)[nH]c2cc3c(nc12)CCO3. The van der Waals surface area contributed by atoms with E-state index in [1.807, 2.05) is 19.9 Å². The lowest BCUT2D eigenvalue weighted by Gasteiger charge is -2.12. The lowest BCUT2D eigenvalue weighted by atomic mass is 10.00. The molecule has 1 aliphatic rings. The molecule has 0 saturated carbocycles. The summed E-state index contributed by atoms with van der Waals surface area (Å²) in [6.45, 7) is 4.67. The van der Waals surface area contributed by atoms with Crippen LogP contribution in [0.1, 0.15) is 31.0 Å². The van der Waals surface area contributed by atoms with Crippen LogP contribution >= 0.6 is 0 Å². The number of rotatable bonds is 1. The maximum absolute atomic E-state index is 11.8. The van der Waals surface area contributed by atoms with Gasteiger partial charge in [-0.3, -0.25) is 4.79 Å². The van der Waals surface area contributed by atoms with E-state index in [0.29, 0.717) is 12.1 Å². The molecule has 0 radical (unpaired) electrons. The molecule has 5 nitrogen and oxygen atoms in total. The van der Waals surface area contributed by atoms with Crippen molar-refractivity contribution >= 4 is 16.7 Å². The molecule has 3 heterocycles. The van der Waals surface area contributed by atoms with E-state index in [-0.39, 0.29) is 17.2 Å². The number of hydrogen-bond acceptors (Lipinski definition) is 4. The number of H-pyrrole nitrogens is 1. The van der Waals surface area contributed by atoms with Crippen molar-refractivity contribution < 1.29 is 4.74 Å². The number of pyridine rings is 2. The number of nitrogen functional groups attached to an aromatic ring is 1. The van der Waals surface area contributed by atoms with Crippen molar-refractivity contribution in [3.8, 4) is 5.75 Å². The van der Waals surface area contributed by atoms with Crippen LogP contribution in [-0.2, 0) is 6.42 Å². The summed E-state index contributed by atoms with van der Waals surface area (Å²) in [5, 5.41) is 0. The molecule has 0 atom stereocenters. The van der Waals surface area contributed by atoms with Crippen molar-refractivity contribution in [3.63, 3.8) is 0 Å². The molecule has 0 amide bonds. The maximum atomic E-state index is 11.8. The predicted octanol–water partition coefficient (Wildman–Crippen LogP) is 1.56. The molecular formula is C13H15N3O2. The van der Waals surface area contributed by atoms with Crippen molar-refractivity contribution in [1.82, 2.24) is 9.97 Å². The Hall–Kier alpha value is -2.04. The number of aromatic nitrogens is 2. The molecular weight excluding hydrogens is 230 g/mol. The second-order valence-corrected chi connectivity index (χ2v) is 4.86. The summed E-state index contributed by atoms with van der Waals surface area (Å²) in [6.07, 6.45) is 0.807. The van der Waals surface area contributed by atoms with E-state index in [2.05, 4.69) is 9.97 Å². The molecule has 0 bridgehead atoms. The van der Waals surface area contributed by atoms with Gasteiger partial charge in [0.1, 0.15) is 11.4 Å². The van der Waals surface area contributed by atoms with Crippen LogP contribution in [0.5, 0.6) is 5.75 Å². The highest BCUT2D eigenvalue weighted by Crippen LogP contribution is 2.31. The highest BCUT2D eigenvalue weighted by atomic mass is 16.5. The summed E-state index contributed by atoms with van der Waals surface area (Å²) in [7, 11) is 0. The minimum Gasteiger partial charge on any atom is -0.491 e. The third-order valence-electron chi connectivity index (χ3n) is 3.27. The third-order valence-corrected chi connectivity index (χ3v) is 3.27. The fourth-order valence-corrected chi connectivity index (χ4v) is 2.42. The van der Waals surface area contributed by atoms with Gasteiger partial charge in [-0.25, -0.2) is 4.98 Å². The lowest BCUT2D eigenvalue weighted by molar-refractivity contribution is 0.357. The van der Waals surface area contributed by atoms with Crippen molar-refractivity contribution in [2.75, 3.05) is 12.3 Å². The molecule has 94 valence electrons. The van der Waals surface area contributed by atoms with Gasteiger partial charge < -0.3 is 15.5 Å². The fraction of sp³-hybridized carbons (Fsp3) is 0.385. The van der Waals surface area contributed by atoms with Gasteiger partial charge in [-0.2, -0.15) is 0 Å². The zero-order valence-corrected chi connectivity index (χ0v) is 10.4. The van der Waals surface area contributed by atoms with Gasteiger partial charge in [-0.05, 0) is 5.92 Å². The first kappa shape index (κ1) is 11.1. The fourth-order valence-electron chi connectivity index (χ4n) is 2.42. The van der Waals surface area contributed by atoms with Gasteiger partial charge in [0, 0.05) is 18.1 Å². The molecule has 0 fully saturated rings. The van der Waals surface area contributed by atoms with Crippen LogP contribution in [0.15, 0.2) is 10.9 Å². The average molecular weight is 245 g/mol. The van der Waals surface area contributed by atoms with E-state index in [1.165, 1.54) is 0 Å². The molecule has 3 N–H and O–H groups in total. The zero-order chi connectivity index (χ0) is 12.9. The molecule has 2 aromatic rings. The second kappa shape index (κ2) is 3.73. The Morgan fingerprint density at radius 2 is 2.28 bits per heavy atom. The number of hydrogen-bond donors (Lipinski definition) is 2. The highest BCUT2D eigenvalue weighted by Gasteiger charge is 2.20. The van der Waals surface area contributed by atoms with Crippen molar-refractivity contribution in [2.24, 2.45) is 0 Å². The van der Waals surface area contributed by atoms with Crippen molar-refractivity contribution in [1.29, 1.82) is 0 Å². The molecule has 2 aromatic heterocycles. The third kappa shape index (κ3) is 1.47. The quantitative estimate of drug-likeness (QED) is 0.799. The molecule has 3 rings (SSSR count). The number of aromatic amines is 1. The Morgan fingerprint density at radius 3 is 3.00 bits per heavy atom. The van der Waals surface area contributed by atoms with Crippen molar-refractivity contribution in [2.45, 2.75) is 26.2 Å². The van der Waals surface area contributed by atoms with Crippen LogP contribution in [0.2, 0.25) is 0 Å². The summed E-state index contributed by atoms with van der Waals surface area (Å²) < 4.78 is 5.46. The average Bonchev–Trinajstić information content (AvgIpc) is 2.74. The summed E-state index contributed by atoms with van der Waals surface area (Å²) in [5.74, 6) is 0.917. The van der Waals surface area contributed by atoms with Gasteiger partial charge in [0.2, 0.25) is 0 Å². The number of ether oxygens (including phenoxy) is 1. The Bertz CT molecular complexity index is 689. The van der Waals surface area contributed by atoms with Gasteiger partial charge in [-0.1, -0.05) is 13.8 Å². The lowest BCUT2D eigenvalue weighted by Crippen LogP contribution is -2.16. The summed E-state index contributed by atoms with van der Waals surface area (Å²) in [5.41, 5.74) is 9.13. The van der Waals surface area contributed by atoms with E-state index < -0.39 is 0 Å². The van der Waals surface area contributed by atoms with E-state index in [0.717, 1.165) is 28.9 Å². The van der Waals surface area contributed by atoms with Crippen LogP contribution in [0.25, 0.3) is 11.0 Å². The minimum absolute atomic E-state index is 0.155. The van der Waals surface area contributed by atoms with Gasteiger partial charge >= 0.3 is 0 Å².